The summed E-state index contributed by atoms with van der Waals surface area (Å²) in [6.45, 7) is 11.2. The first kappa shape index (κ1) is 14.2. The van der Waals surface area contributed by atoms with E-state index in [4.69, 9.17) is 4.74 Å². The summed E-state index contributed by atoms with van der Waals surface area (Å²) >= 11 is 0. The Bertz CT molecular complexity index is 223. The molecule has 2 saturated heterocycles. The maximum atomic E-state index is 5.86. The van der Waals surface area contributed by atoms with E-state index in [1.54, 1.807) is 0 Å². The lowest BCUT2D eigenvalue weighted by Crippen LogP contribution is -2.47. The van der Waals surface area contributed by atoms with Crippen molar-refractivity contribution in [3.63, 3.8) is 0 Å². The van der Waals surface area contributed by atoms with Gasteiger partial charge in [0, 0.05) is 18.0 Å². The van der Waals surface area contributed by atoms with Gasteiger partial charge in [-0.15, -0.1) is 12.4 Å². The van der Waals surface area contributed by atoms with Gasteiger partial charge in [0.1, 0.15) is 6.23 Å². The second kappa shape index (κ2) is 5.67. The molecule has 0 aliphatic carbocycles. The largest absolute Gasteiger partial charge is 0.361 e. The molecule has 16 heavy (non-hydrogen) atoms. The molecule has 4 heteroatoms. The highest BCUT2D eigenvalue weighted by molar-refractivity contribution is 5.85. The predicted octanol–water partition coefficient (Wildman–Crippen LogP) is 1.86. The predicted molar refractivity (Wildman–Crippen MR) is 69.0 cm³/mol. The van der Waals surface area contributed by atoms with E-state index < -0.39 is 0 Å². The number of ether oxygens (including phenoxy) is 1. The first-order valence-electron chi connectivity index (χ1n) is 6.22. The molecule has 0 aromatic rings. The highest BCUT2D eigenvalue weighted by Crippen LogP contribution is 2.26. The van der Waals surface area contributed by atoms with E-state index in [1.807, 2.05) is 0 Å². The normalized spacial score (nSPS) is 34.7. The van der Waals surface area contributed by atoms with E-state index in [9.17, 15) is 0 Å². The van der Waals surface area contributed by atoms with E-state index in [0.29, 0.717) is 5.92 Å². The highest BCUT2D eigenvalue weighted by atomic mass is 35.5. The summed E-state index contributed by atoms with van der Waals surface area (Å²) in [5.41, 5.74) is 0.166. The molecule has 2 fully saturated rings. The molecule has 0 aromatic carbocycles. The molecule has 2 atom stereocenters. The Kier molecular flexibility index (Phi) is 5.05. The molecular formula is C12H25ClN2O. The van der Waals surface area contributed by atoms with Gasteiger partial charge >= 0.3 is 0 Å². The molecule has 0 bridgehead atoms. The maximum absolute atomic E-state index is 5.86. The molecule has 0 spiro atoms. The molecule has 96 valence electrons. The fraction of sp³-hybridized carbons (Fsp3) is 1.00. The molecular weight excluding hydrogens is 224 g/mol. The number of halogens is 1. The summed E-state index contributed by atoms with van der Waals surface area (Å²) in [5, 5.41) is 3.60. The van der Waals surface area contributed by atoms with Crippen LogP contribution in [-0.2, 0) is 4.74 Å². The van der Waals surface area contributed by atoms with Crippen molar-refractivity contribution in [2.75, 3.05) is 26.2 Å². The quantitative estimate of drug-likeness (QED) is 0.808. The van der Waals surface area contributed by atoms with E-state index in [-0.39, 0.29) is 24.2 Å². The number of hydrogen-bond donors (Lipinski definition) is 1. The summed E-state index contributed by atoms with van der Waals surface area (Å²) in [5.74, 6) is 0.681. The number of hydrogen-bond acceptors (Lipinski definition) is 3. The average Bonchev–Trinajstić information content (AvgIpc) is 2.59. The first-order valence-corrected chi connectivity index (χ1v) is 6.22. The van der Waals surface area contributed by atoms with E-state index >= 15 is 0 Å². The van der Waals surface area contributed by atoms with Gasteiger partial charge in [-0.1, -0.05) is 6.92 Å². The monoisotopic (exact) mass is 248 g/mol. The third-order valence-corrected chi connectivity index (χ3v) is 3.57. The van der Waals surface area contributed by atoms with Crippen molar-refractivity contribution in [1.82, 2.24) is 10.2 Å². The van der Waals surface area contributed by atoms with Crippen molar-refractivity contribution in [1.29, 1.82) is 0 Å². The Morgan fingerprint density at radius 1 is 1.44 bits per heavy atom. The molecule has 0 radical (unpaired) electrons. The van der Waals surface area contributed by atoms with Crippen molar-refractivity contribution in [2.45, 2.75) is 45.4 Å². The third kappa shape index (κ3) is 3.33. The van der Waals surface area contributed by atoms with Crippen LogP contribution in [0.1, 0.15) is 33.6 Å². The van der Waals surface area contributed by atoms with Crippen LogP contribution in [-0.4, -0.2) is 42.9 Å². The second-order valence-corrected chi connectivity index (χ2v) is 5.56. The molecule has 0 aromatic heterocycles. The summed E-state index contributed by atoms with van der Waals surface area (Å²) in [6.07, 6.45) is 2.92. The van der Waals surface area contributed by atoms with Crippen LogP contribution in [0.4, 0.5) is 0 Å². The van der Waals surface area contributed by atoms with Gasteiger partial charge in [0.25, 0.3) is 0 Å². The number of piperidine rings is 1. The number of rotatable bonds is 2. The standard InChI is InChI=1S/C12H24N2O.ClH/c1-4-14-7-5-6-10(8-14)11-13-12(2,3)9-15-11;/h10-11,13H,4-9H2,1-3H3;1H. The van der Waals surface area contributed by atoms with Gasteiger partial charge in [0.2, 0.25) is 0 Å². The number of likely N-dealkylation sites (tertiary alicyclic amines) is 1. The Balaban J connectivity index is 0.00000128. The number of nitrogens with one attached hydrogen (secondary N) is 1. The van der Waals surface area contributed by atoms with Crippen molar-refractivity contribution < 1.29 is 4.74 Å². The molecule has 0 saturated carbocycles. The van der Waals surface area contributed by atoms with Gasteiger partial charge in [-0.25, -0.2) is 0 Å². The van der Waals surface area contributed by atoms with Crippen LogP contribution in [0.3, 0.4) is 0 Å². The van der Waals surface area contributed by atoms with Crippen LogP contribution in [0.2, 0.25) is 0 Å². The average molecular weight is 249 g/mol. The molecule has 2 heterocycles. The fourth-order valence-electron chi connectivity index (χ4n) is 2.65. The van der Waals surface area contributed by atoms with Gasteiger partial charge in [0.05, 0.1) is 6.61 Å². The zero-order valence-corrected chi connectivity index (χ0v) is 11.5. The van der Waals surface area contributed by atoms with Crippen LogP contribution in [0.15, 0.2) is 0 Å². The Labute approximate surface area is 105 Å². The van der Waals surface area contributed by atoms with Crippen molar-refractivity contribution >= 4 is 12.4 Å². The van der Waals surface area contributed by atoms with Crippen LogP contribution < -0.4 is 5.32 Å². The lowest BCUT2D eigenvalue weighted by Gasteiger charge is -2.35. The Morgan fingerprint density at radius 3 is 2.75 bits per heavy atom. The van der Waals surface area contributed by atoms with Crippen molar-refractivity contribution in [3.05, 3.63) is 0 Å². The van der Waals surface area contributed by atoms with Gasteiger partial charge in [-0.05, 0) is 39.8 Å². The lowest BCUT2D eigenvalue weighted by molar-refractivity contribution is 0.0169. The van der Waals surface area contributed by atoms with E-state index in [0.717, 1.165) is 6.61 Å². The van der Waals surface area contributed by atoms with Gasteiger partial charge in [0.15, 0.2) is 0 Å². The van der Waals surface area contributed by atoms with Crippen LogP contribution in [0.25, 0.3) is 0 Å². The van der Waals surface area contributed by atoms with Gasteiger partial charge in [-0.3, -0.25) is 5.32 Å². The zero-order valence-electron chi connectivity index (χ0n) is 10.7. The molecule has 1 N–H and O–H groups in total. The fourth-order valence-corrected chi connectivity index (χ4v) is 2.65. The Hall–Kier alpha value is 0.170. The molecule has 2 unspecified atom stereocenters. The lowest BCUT2D eigenvalue weighted by atomic mass is 9.95. The minimum absolute atomic E-state index is 0. The zero-order chi connectivity index (χ0) is 10.9. The van der Waals surface area contributed by atoms with Gasteiger partial charge < -0.3 is 9.64 Å². The topological polar surface area (TPSA) is 24.5 Å². The minimum atomic E-state index is 0. The number of nitrogens with zero attached hydrogens (tertiary/aromatic N) is 1. The first-order chi connectivity index (χ1) is 7.11. The molecule has 2 aliphatic rings. The van der Waals surface area contributed by atoms with E-state index in [2.05, 4.69) is 31.0 Å². The SMILES string of the molecule is CCN1CCCC(C2NC(C)(C)CO2)C1.Cl. The maximum Gasteiger partial charge on any atom is 0.112 e. The van der Waals surface area contributed by atoms with Crippen LogP contribution in [0, 0.1) is 5.92 Å². The van der Waals surface area contributed by atoms with Crippen molar-refractivity contribution in [2.24, 2.45) is 5.92 Å². The van der Waals surface area contributed by atoms with Crippen molar-refractivity contribution in [3.8, 4) is 0 Å². The Morgan fingerprint density at radius 2 is 2.19 bits per heavy atom. The van der Waals surface area contributed by atoms with E-state index in [1.165, 1.54) is 32.5 Å². The van der Waals surface area contributed by atoms with Gasteiger partial charge in [-0.2, -0.15) is 0 Å². The summed E-state index contributed by atoms with van der Waals surface area (Å²) in [6, 6.07) is 0. The molecule has 2 aliphatic heterocycles. The molecule has 2 rings (SSSR count). The minimum Gasteiger partial charge on any atom is -0.361 e. The summed E-state index contributed by atoms with van der Waals surface area (Å²) in [4.78, 5) is 2.53. The molecule has 3 nitrogen and oxygen atoms in total. The third-order valence-electron chi connectivity index (χ3n) is 3.57. The van der Waals surface area contributed by atoms with Crippen LogP contribution >= 0.6 is 12.4 Å². The second-order valence-electron chi connectivity index (χ2n) is 5.56. The molecule has 0 amide bonds. The summed E-state index contributed by atoms with van der Waals surface area (Å²) < 4.78 is 5.86. The van der Waals surface area contributed by atoms with Crippen LogP contribution in [0.5, 0.6) is 0 Å². The smallest absolute Gasteiger partial charge is 0.112 e. The highest BCUT2D eigenvalue weighted by Gasteiger charge is 2.37. The summed E-state index contributed by atoms with van der Waals surface area (Å²) in [7, 11) is 0.